The van der Waals surface area contributed by atoms with E-state index < -0.39 is 0 Å². The lowest BCUT2D eigenvalue weighted by atomic mass is 10.1. The topological polar surface area (TPSA) is 59.2 Å². The molecule has 4 nitrogen and oxygen atoms in total. The molecule has 1 aromatic carbocycles. The van der Waals surface area contributed by atoms with E-state index in [-0.39, 0.29) is 17.8 Å². The molecule has 0 radical (unpaired) electrons. The van der Waals surface area contributed by atoms with Crippen LogP contribution in [-0.2, 0) is 6.54 Å². The van der Waals surface area contributed by atoms with Crippen LogP contribution >= 0.6 is 11.3 Å². The van der Waals surface area contributed by atoms with Gasteiger partial charge in [0.25, 0.3) is 5.91 Å². The highest BCUT2D eigenvalue weighted by molar-refractivity contribution is 7.09. The highest BCUT2D eigenvalue weighted by Crippen LogP contribution is 2.23. The Labute approximate surface area is 127 Å². The largest absolute Gasteiger partial charge is 0.331 e. The van der Waals surface area contributed by atoms with Crippen LogP contribution in [0.1, 0.15) is 40.9 Å². The van der Waals surface area contributed by atoms with Crippen molar-refractivity contribution in [3.05, 3.63) is 51.7 Å². The minimum absolute atomic E-state index is 0.134. The van der Waals surface area contributed by atoms with Gasteiger partial charge in [-0.15, -0.1) is 11.3 Å². The van der Waals surface area contributed by atoms with Crippen LogP contribution in [0.3, 0.4) is 0 Å². The number of benzene rings is 1. The van der Waals surface area contributed by atoms with E-state index in [1.165, 1.54) is 23.5 Å². The summed E-state index contributed by atoms with van der Waals surface area (Å²) in [5, 5.41) is 2.47. The van der Waals surface area contributed by atoms with E-state index in [1.807, 2.05) is 13.8 Å². The summed E-state index contributed by atoms with van der Waals surface area (Å²) in [6.07, 6.45) is 0. The van der Waals surface area contributed by atoms with Crippen molar-refractivity contribution in [2.75, 3.05) is 6.54 Å². The van der Waals surface area contributed by atoms with Crippen molar-refractivity contribution >= 4 is 17.2 Å². The Morgan fingerprint density at radius 2 is 2.10 bits per heavy atom. The lowest BCUT2D eigenvalue weighted by molar-refractivity contribution is 0.0697. The highest BCUT2D eigenvalue weighted by Gasteiger charge is 2.23. The van der Waals surface area contributed by atoms with E-state index in [4.69, 9.17) is 5.73 Å². The highest BCUT2D eigenvalue weighted by atomic mass is 32.1. The fraction of sp³-hybridized carbons (Fsp3) is 0.333. The molecule has 0 bridgehead atoms. The second-order valence-electron chi connectivity index (χ2n) is 4.65. The number of nitrogens with two attached hydrogens (primary N) is 1. The number of nitrogens with zero attached hydrogens (tertiary/aromatic N) is 2. The van der Waals surface area contributed by atoms with Crippen molar-refractivity contribution < 1.29 is 9.18 Å². The zero-order valence-electron chi connectivity index (χ0n) is 12.0. The molecule has 0 aliphatic carbocycles. The van der Waals surface area contributed by atoms with Gasteiger partial charge in [-0.1, -0.05) is 12.1 Å². The van der Waals surface area contributed by atoms with Crippen molar-refractivity contribution in [2.45, 2.75) is 26.4 Å². The first-order valence-corrected chi connectivity index (χ1v) is 7.65. The maximum absolute atomic E-state index is 13.0. The van der Waals surface area contributed by atoms with Crippen LogP contribution in [0.25, 0.3) is 0 Å². The summed E-state index contributed by atoms with van der Waals surface area (Å²) in [5.41, 5.74) is 6.83. The zero-order chi connectivity index (χ0) is 15.4. The Hall–Kier alpha value is -1.79. The minimum atomic E-state index is -0.285. The van der Waals surface area contributed by atoms with Crippen LogP contribution in [0.2, 0.25) is 0 Å². The van der Waals surface area contributed by atoms with Gasteiger partial charge in [-0.3, -0.25) is 4.79 Å². The SMILES string of the molecule is CCN(C(=O)c1csc(CN)n1)C(C)c1ccc(F)cc1. The summed E-state index contributed by atoms with van der Waals surface area (Å²) in [4.78, 5) is 18.5. The third-order valence-corrected chi connectivity index (χ3v) is 4.24. The molecule has 112 valence electrons. The molecule has 1 amide bonds. The summed E-state index contributed by atoms with van der Waals surface area (Å²) in [6, 6.07) is 6.05. The summed E-state index contributed by atoms with van der Waals surface area (Å²) in [6.45, 7) is 4.71. The average Bonchev–Trinajstić information content (AvgIpc) is 2.97. The molecule has 6 heteroatoms. The summed E-state index contributed by atoms with van der Waals surface area (Å²) < 4.78 is 13.0. The quantitative estimate of drug-likeness (QED) is 0.924. The van der Waals surface area contributed by atoms with Crippen molar-refractivity contribution in [3.63, 3.8) is 0 Å². The molecule has 0 aliphatic heterocycles. The van der Waals surface area contributed by atoms with Crippen molar-refractivity contribution in [2.24, 2.45) is 5.73 Å². The molecule has 0 saturated heterocycles. The van der Waals surface area contributed by atoms with Gasteiger partial charge < -0.3 is 10.6 Å². The number of thiazole rings is 1. The Bertz CT molecular complexity index is 612. The van der Waals surface area contributed by atoms with Gasteiger partial charge in [0.05, 0.1) is 6.04 Å². The van der Waals surface area contributed by atoms with Gasteiger partial charge in [-0.25, -0.2) is 9.37 Å². The number of amides is 1. The predicted molar refractivity (Wildman–Crippen MR) is 81.5 cm³/mol. The lowest BCUT2D eigenvalue weighted by Gasteiger charge is -2.27. The molecular weight excluding hydrogens is 289 g/mol. The van der Waals surface area contributed by atoms with Crippen molar-refractivity contribution in [1.29, 1.82) is 0 Å². The lowest BCUT2D eigenvalue weighted by Crippen LogP contribution is -2.33. The van der Waals surface area contributed by atoms with Gasteiger partial charge >= 0.3 is 0 Å². The number of carbonyl (C=O) groups excluding carboxylic acids is 1. The molecule has 21 heavy (non-hydrogen) atoms. The first-order chi connectivity index (χ1) is 10.1. The smallest absolute Gasteiger partial charge is 0.273 e. The normalized spacial score (nSPS) is 12.2. The zero-order valence-corrected chi connectivity index (χ0v) is 12.9. The van der Waals surface area contributed by atoms with Gasteiger partial charge in [0, 0.05) is 18.5 Å². The number of hydrogen-bond donors (Lipinski definition) is 1. The molecule has 0 fully saturated rings. The molecule has 0 spiro atoms. The van der Waals surface area contributed by atoms with E-state index in [0.717, 1.165) is 10.6 Å². The van der Waals surface area contributed by atoms with Gasteiger partial charge in [0.15, 0.2) is 0 Å². The van der Waals surface area contributed by atoms with Gasteiger partial charge in [-0.2, -0.15) is 0 Å². The predicted octanol–water partition coefficient (Wildman–Crippen LogP) is 2.96. The monoisotopic (exact) mass is 307 g/mol. The molecule has 1 atom stereocenters. The summed E-state index contributed by atoms with van der Waals surface area (Å²) in [7, 11) is 0. The standard InChI is InChI=1S/C15H18FN3OS/c1-3-19(10(2)11-4-6-12(16)7-5-11)15(20)13-9-21-14(8-17)18-13/h4-7,9-10H,3,8,17H2,1-2H3. The Kier molecular flexibility index (Phi) is 5.03. The second kappa shape index (κ2) is 6.78. The maximum atomic E-state index is 13.0. The Morgan fingerprint density at radius 3 is 2.62 bits per heavy atom. The van der Waals surface area contributed by atoms with Crippen molar-refractivity contribution in [3.8, 4) is 0 Å². The van der Waals surface area contributed by atoms with Gasteiger partial charge in [0.2, 0.25) is 0 Å². The fourth-order valence-electron chi connectivity index (χ4n) is 2.16. The molecule has 1 aromatic heterocycles. The van der Waals surface area contributed by atoms with Crippen LogP contribution in [0, 0.1) is 5.82 Å². The van der Waals surface area contributed by atoms with E-state index in [1.54, 1.807) is 22.4 Å². The van der Waals surface area contributed by atoms with E-state index in [2.05, 4.69) is 4.98 Å². The molecule has 1 unspecified atom stereocenters. The van der Waals surface area contributed by atoms with Gasteiger partial charge in [-0.05, 0) is 31.5 Å². The molecule has 2 aromatic rings. The Morgan fingerprint density at radius 1 is 1.43 bits per heavy atom. The van der Waals surface area contributed by atoms with Crippen LogP contribution in [-0.4, -0.2) is 22.3 Å². The number of carbonyl (C=O) groups is 1. The Balaban J connectivity index is 2.21. The van der Waals surface area contributed by atoms with Crippen LogP contribution in [0.15, 0.2) is 29.6 Å². The third-order valence-electron chi connectivity index (χ3n) is 3.37. The first-order valence-electron chi connectivity index (χ1n) is 6.77. The molecule has 0 saturated carbocycles. The third kappa shape index (κ3) is 3.46. The fourth-order valence-corrected chi connectivity index (χ4v) is 2.81. The molecule has 0 aliphatic rings. The van der Waals surface area contributed by atoms with Gasteiger partial charge in [0.1, 0.15) is 16.5 Å². The summed E-state index contributed by atoms with van der Waals surface area (Å²) >= 11 is 1.38. The maximum Gasteiger partial charge on any atom is 0.273 e. The summed E-state index contributed by atoms with van der Waals surface area (Å²) in [5.74, 6) is -0.419. The van der Waals surface area contributed by atoms with Crippen LogP contribution in [0.4, 0.5) is 4.39 Å². The van der Waals surface area contributed by atoms with E-state index >= 15 is 0 Å². The molecule has 2 N–H and O–H groups in total. The first kappa shape index (κ1) is 15.6. The molecule has 2 rings (SSSR count). The average molecular weight is 307 g/mol. The van der Waals surface area contributed by atoms with Crippen LogP contribution < -0.4 is 5.73 Å². The number of hydrogen-bond acceptors (Lipinski definition) is 4. The number of aromatic nitrogens is 1. The van der Waals surface area contributed by atoms with Crippen molar-refractivity contribution in [1.82, 2.24) is 9.88 Å². The molecule has 1 heterocycles. The number of rotatable bonds is 5. The second-order valence-corrected chi connectivity index (χ2v) is 5.59. The van der Waals surface area contributed by atoms with Crippen LogP contribution in [0.5, 0.6) is 0 Å². The number of halogens is 1. The van der Waals surface area contributed by atoms with E-state index in [9.17, 15) is 9.18 Å². The van der Waals surface area contributed by atoms with E-state index in [0.29, 0.717) is 18.8 Å². The molecular formula is C15H18FN3OS. The minimum Gasteiger partial charge on any atom is -0.331 e.